The van der Waals surface area contributed by atoms with Gasteiger partial charge >= 0.3 is 0 Å². The van der Waals surface area contributed by atoms with Crippen molar-refractivity contribution in [1.29, 1.82) is 0 Å². The highest BCUT2D eigenvalue weighted by Gasteiger charge is 1.99. The Morgan fingerprint density at radius 1 is 1.50 bits per heavy atom. The molecule has 6 heteroatoms. The molecule has 0 fully saturated rings. The molecular formula is C6H11N4SSi. The maximum Gasteiger partial charge on any atom is 0.216 e. The molecule has 0 aliphatic carbocycles. The second kappa shape index (κ2) is 5.21. The number of hydrogen-bond donors (Lipinski definition) is 2. The van der Waals surface area contributed by atoms with Crippen molar-refractivity contribution >= 4 is 28.0 Å². The second-order valence-corrected chi connectivity index (χ2v) is 3.87. The van der Waals surface area contributed by atoms with Crippen molar-refractivity contribution < 1.29 is 0 Å². The maximum atomic E-state index is 5.36. The van der Waals surface area contributed by atoms with E-state index in [2.05, 4.69) is 25.4 Å². The molecule has 0 unspecified atom stereocenters. The van der Waals surface area contributed by atoms with Crippen molar-refractivity contribution in [3.05, 3.63) is 0 Å². The van der Waals surface area contributed by atoms with Gasteiger partial charge in [0.05, 0.1) is 0 Å². The van der Waals surface area contributed by atoms with Crippen LogP contribution in [0.15, 0.2) is 5.16 Å². The van der Waals surface area contributed by atoms with Crippen molar-refractivity contribution in [3.8, 4) is 0 Å². The standard InChI is InChI=1S/C6H11N4SSi/c7-5-8-6(10-9-5)11-3-1-2-4-12/h1-4H2,(H3,7,8,9,10). The van der Waals surface area contributed by atoms with Gasteiger partial charge in [-0.05, 0) is 6.42 Å². The molecule has 0 atom stereocenters. The van der Waals surface area contributed by atoms with Gasteiger partial charge < -0.3 is 5.73 Å². The lowest BCUT2D eigenvalue weighted by atomic mass is 10.4. The van der Waals surface area contributed by atoms with Crippen LogP contribution in [0.4, 0.5) is 5.95 Å². The van der Waals surface area contributed by atoms with Crippen LogP contribution < -0.4 is 5.73 Å². The first-order chi connectivity index (χ1) is 5.83. The zero-order valence-electron chi connectivity index (χ0n) is 6.71. The minimum absolute atomic E-state index is 0.387. The highest BCUT2D eigenvalue weighted by Crippen LogP contribution is 2.14. The fourth-order valence-corrected chi connectivity index (χ4v) is 1.77. The van der Waals surface area contributed by atoms with Gasteiger partial charge in [-0.2, -0.15) is 4.98 Å². The molecule has 0 aliphatic heterocycles. The Hall–Kier alpha value is -0.493. The first-order valence-electron chi connectivity index (χ1n) is 3.78. The molecule has 3 N–H and O–H groups in total. The number of aromatic nitrogens is 3. The molecule has 0 saturated heterocycles. The van der Waals surface area contributed by atoms with Crippen molar-refractivity contribution in [2.45, 2.75) is 24.0 Å². The topological polar surface area (TPSA) is 67.6 Å². The normalized spacial score (nSPS) is 10.4. The summed E-state index contributed by atoms with van der Waals surface area (Å²) in [6, 6.07) is 1.05. The molecule has 1 aromatic heterocycles. The molecule has 0 spiro atoms. The quantitative estimate of drug-likeness (QED) is 0.419. The lowest BCUT2D eigenvalue weighted by Gasteiger charge is -1.93. The molecule has 0 amide bonds. The molecule has 12 heavy (non-hydrogen) atoms. The number of rotatable bonds is 5. The molecule has 0 aliphatic rings. The Bertz CT molecular complexity index is 227. The number of nitrogens with zero attached hydrogens (tertiary/aromatic N) is 2. The Balaban J connectivity index is 2.15. The van der Waals surface area contributed by atoms with Crippen LogP contribution in [0.3, 0.4) is 0 Å². The van der Waals surface area contributed by atoms with Gasteiger partial charge in [0, 0.05) is 16.0 Å². The van der Waals surface area contributed by atoms with E-state index in [4.69, 9.17) is 5.73 Å². The van der Waals surface area contributed by atoms with E-state index in [1.165, 1.54) is 12.8 Å². The van der Waals surface area contributed by atoms with E-state index >= 15 is 0 Å². The molecule has 0 saturated carbocycles. The summed E-state index contributed by atoms with van der Waals surface area (Å²) >= 11 is 1.63. The minimum Gasteiger partial charge on any atom is -0.368 e. The largest absolute Gasteiger partial charge is 0.368 e. The minimum atomic E-state index is 0.387. The molecule has 0 aromatic carbocycles. The molecule has 4 nitrogen and oxygen atoms in total. The first kappa shape index (κ1) is 9.59. The van der Waals surface area contributed by atoms with Crippen LogP contribution in [0.1, 0.15) is 12.8 Å². The summed E-state index contributed by atoms with van der Waals surface area (Å²) in [5.41, 5.74) is 5.36. The Kier molecular flexibility index (Phi) is 4.16. The third-order valence-electron chi connectivity index (χ3n) is 1.28. The lowest BCUT2D eigenvalue weighted by molar-refractivity contribution is 0.887. The fourth-order valence-electron chi connectivity index (χ4n) is 0.713. The van der Waals surface area contributed by atoms with Gasteiger partial charge in [-0.15, -0.1) is 5.10 Å². The second-order valence-electron chi connectivity index (χ2n) is 2.31. The van der Waals surface area contributed by atoms with E-state index in [0.29, 0.717) is 5.95 Å². The van der Waals surface area contributed by atoms with Crippen molar-refractivity contribution in [1.82, 2.24) is 15.2 Å². The number of aromatic amines is 1. The average Bonchev–Trinajstić information content (AvgIpc) is 2.45. The van der Waals surface area contributed by atoms with Crippen LogP contribution in [0.5, 0.6) is 0 Å². The summed E-state index contributed by atoms with van der Waals surface area (Å²) in [4.78, 5) is 3.97. The first-order valence-corrected chi connectivity index (χ1v) is 5.47. The Labute approximate surface area is 79.1 Å². The van der Waals surface area contributed by atoms with Crippen molar-refractivity contribution in [2.75, 3.05) is 11.5 Å². The summed E-state index contributed by atoms with van der Waals surface area (Å²) in [6.45, 7) is 0. The van der Waals surface area contributed by atoms with E-state index in [1.54, 1.807) is 11.8 Å². The summed E-state index contributed by atoms with van der Waals surface area (Å²) in [5, 5.41) is 7.24. The monoisotopic (exact) mass is 199 g/mol. The summed E-state index contributed by atoms with van der Waals surface area (Å²) in [7, 11) is 3.42. The van der Waals surface area contributed by atoms with Crippen LogP contribution in [-0.2, 0) is 0 Å². The number of nitrogens with two attached hydrogens (primary N) is 1. The van der Waals surface area contributed by atoms with Crippen molar-refractivity contribution in [2.24, 2.45) is 0 Å². The van der Waals surface area contributed by atoms with Crippen LogP contribution in [0.2, 0.25) is 6.04 Å². The number of thioether (sulfide) groups is 1. The van der Waals surface area contributed by atoms with Gasteiger partial charge in [-0.3, -0.25) is 0 Å². The molecule has 0 bridgehead atoms. The zero-order chi connectivity index (χ0) is 8.81. The SMILES string of the molecule is Nc1nc(SCCCC[Si])n[nH]1. The van der Waals surface area contributed by atoms with Gasteiger partial charge in [0.25, 0.3) is 0 Å². The van der Waals surface area contributed by atoms with E-state index in [0.717, 1.165) is 17.0 Å². The highest BCUT2D eigenvalue weighted by atomic mass is 32.2. The Morgan fingerprint density at radius 3 is 2.92 bits per heavy atom. The number of anilines is 1. The van der Waals surface area contributed by atoms with Crippen LogP contribution >= 0.6 is 11.8 Å². The van der Waals surface area contributed by atoms with E-state index in [9.17, 15) is 0 Å². The summed E-state index contributed by atoms with van der Waals surface area (Å²) in [5.74, 6) is 1.43. The maximum absolute atomic E-state index is 5.36. The molecule has 1 aromatic rings. The number of H-pyrrole nitrogens is 1. The molecule has 3 radical (unpaired) electrons. The number of nitrogen functional groups attached to an aromatic ring is 1. The van der Waals surface area contributed by atoms with Gasteiger partial charge in [0.1, 0.15) is 0 Å². The summed E-state index contributed by atoms with van der Waals surface area (Å²) < 4.78 is 0. The van der Waals surface area contributed by atoms with Crippen LogP contribution in [0.25, 0.3) is 0 Å². The van der Waals surface area contributed by atoms with E-state index < -0.39 is 0 Å². The average molecular weight is 199 g/mol. The molecule has 65 valence electrons. The van der Waals surface area contributed by atoms with E-state index in [-0.39, 0.29) is 0 Å². The number of unbranched alkanes of at least 4 members (excludes halogenated alkanes) is 1. The number of nitrogens with one attached hydrogen (secondary N) is 1. The predicted octanol–water partition coefficient (Wildman–Crippen LogP) is 0.846. The highest BCUT2D eigenvalue weighted by molar-refractivity contribution is 7.99. The van der Waals surface area contributed by atoms with Crippen LogP contribution in [0, 0.1) is 0 Å². The zero-order valence-corrected chi connectivity index (χ0v) is 8.52. The third kappa shape index (κ3) is 3.27. The van der Waals surface area contributed by atoms with Gasteiger partial charge in [0.2, 0.25) is 11.1 Å². The molecule has 1 heterocycles. The van der Waals surface area contributed by atoms with Crippen molar-refractivity contribution in [3.63, 3.8) is 0 Å². The Morgan fingerprint density at radius 2 is 2.33 bits per heavy atom. The fraction of sp³-hybridized carbons (Fsp3) is 0.667. The lowest BCUT2D eigenvalue weighted by Crippen LogP contribution is -1.85. The number of hydrogen-bond acceptors (Lipinski definition) is 4. The molecule has 1 rings (SSSR count). The van der Waals surface area contributed by atoms with E-state index in [1.807, 2.05) is 0 Å². The molecular weight excluding hydrogens is 188 g/mol. The summed E-state index contributed by atoms with van der Waals surface area (Å²) in [6.07, 6.45) is 2.35. The predicted molar refractivity (Wildman–Crippen MR) is 51.3 cm³/mol. The van der Waals surface area contributed by atoms with Crippen LogP contribution in [-0.4, -0.2) is 31.2 Å². The smallest absolute Gasteiger partial charge is 0.216 e. The van der Waals surface area contributed by atoms with Gasteiger partial charge in [-0.1, -0.05) is 24.2 Å². The third-order valence-corrected chi connectivity index (χ3v) is 2.57. The van der Waals surface area contributed by atoms with Gasteiger partial charge in [-0.25, -0.2) is 5.10 Å². The van der Waals surface area contributed by atoms with Gasteiger partial charge in [0.15, 0.2) is 0 Å².